The first-order valence-electron chi connectivity index (χ1n) is 6.18. The largest absolute Gasteiger partial charge is 0.370 e. The van der Waals surface area contributed by atoms with Crippen molar-refractivity contribution in [1.82, 2.24) is 0 Å². The zero-order chi connectivity index (χ0) is 10.7. The van der Waals surface area contributed by atoms with E-state index in [0.29, 0.717) is 0 Å². The maximum atomic E-state index is 2.50. The van der Waals surface area contributed by atoms with Crippen molar-refractivity contribution in [3.05, 3.63) is 30.3 Å². The van der Waals surface area contributed by atoms with Crippen molar-refractivity contribution in [3.63, 3.8) is 0 Å². The van der Waals surface area contributed by atoms with Crippen molar-refractivity contribution in [3.8, 4) is 0 Å². The molecule has 1 heteroatoms. The Balaban J connectivity index is 0.000000404. The maximum Gasteiger partial charge on any atom is 0.0366 e. The molecule has 15 heavy (non-hydrogen) atoms. The molecule has 1 aliphatic carbocycles. The number of nitrogens with zero attached hydrogens (tertiary/aromatic N) is 1. The van der Waals surface area contributed by atoms with Gasteiger partial charge in [0, 0.05) is 24.2 Å². The summed E-state index contributed by atoms with van der Waals surface area (Å²) in [5.74, 6) is 0. The molecule has 2 fully saturated rings. The van der Waals surface area contributed by atoms with Gasteiger partial charge in [0.15, 0.2) is 0 Å². The van der Waals surface area contributed by atoms with Crippen LogP contribution in [0.3, 0.4) is 0 Å². The minimum Gasteiger partial charge on any atom is -0.370 e. The van der Waals surface area contributed by atoms with E-state index < -0.39 is 0 Å². The average molecular weight is 203 g/mol. The first kappa shape index (κ1) is 10.5. The number of rotatable bonds is 1. The molecule has 1 saturated heterocycles. The minimum absolute atomic E-state index is 0.746. The van der Waals surface area contributed by atoms with E-state index in [-0.39, 0.29) is 0 Å². The third kappa shape index (κ3) is 1.88. The Kier molecular flexibility index (Phi) is 2.99. The Bertz CT molecular complexity index is 292. The summed E-state index contributed by atoms with van der Waals surface area (Å²) in [4.78, 5) is 2.50. The van der Waals surface area contributed by atoms with Gasteiger partial charge in [-0.05, 0) is 25.0 Å². The highest BCUT2D eigenvalue weighted by Gasteiger charge is 2.47. The van der Waals surface area contributed by atoms with Crippen LogP contribution in [-0.4, -0.2) is 13.1 Å². The third-order valence-corrected chi connectivity index (χ3v) is 3.59. The molecule has 1 saturated carbocycles. The standard InChI is InChI=1S/C12H15N.C2H6/c1-2-5-11(6-3-1)13-9-12(10-13)7-4-8-12;1-2/h1-3,5-6H,4,7-10H2;1-2H3. The average Bonchev–Trinajstić information content (AvgIpc) is 2.18. The summed E-state index contributed by atoms with van der Waals surface area (Å²) in [6.07, 6.45) is 4.40. The van der Waals surface area contributed by atoms with Gasteiger partial charge in [-0.3, -0.25) is 0 Å². The smallest absolute Gasteiger partial charge is 0.0366 e. The lowest BCUT2D eigenvalue weighted by Crippen LogP contribution is -2.59. The number of anilines is 1. The fraction of sp³-hybridized carbons (Fsp3) is 0.571. The summed E-state index contributed by atoms with van der Waals surface area (Å²) >= 11 is 0. The van der Waals surface area contributed by atoms with Gasteiger partial charge in [-0.25, -0.2) is 0 Å². The van der Waals surface area contributed by atoms with Crippen molar-refractivity contribution < 1.29 is 0 Å². The van der Waals surface area contributed by atoms with Gasteiger partial charge in [-0.15, -0.1) is 0 Å². The fourth-order valence-corrected chi connectivity index (χ4v) is 2.58. The van der Waals surface area contributed by atoms with E-state index in [0.717, 1.165) is 5.41 Å². The molecule has 1 aromatic rings. The normalized spacial score (nSPS) is 21.1. The van der Waals surface area contributed by atoms with Gasteiger partial charge in [0.05, 0.1) is 0 Å². The molecule has 1 aromatic carbocycles. The van der Waals surface area contributed by atoms with Crippen LogP contribution >= 0.6 is 0 Å². The van der Waals surface area contributed by atoms with Gasteiger partial charge in [-0.1, -0.05) is 38.5 Å². The van der Waals surface area contributed by atoms with Crippen molar-refractivity contribution >= 4 is 5.69 Å². The minimum atomic E-state index is 0.746. The first-order valence-corrected chi connectivity index (χ1v) is 6.18. The summed E-state index contributed by atoms with van der Waals surface area (Å²) in [5, 5.41) is 0. The lowest BCUT2D eigenvalue weighted by atomic mass is 9.63. The summed E-state index contributed by atoms with van der Waals surface area (Å²) in [6, 6.07) is 10.8. The second kappa shape index (κ2) is 4.26. The fourth-order valence-electron chi connectivity index (χ4n) is 2.58. The van der Waals surface area contributed by atoms with Crippen LogP contribution in [-0.2, 0) is 0 Å². The van der Waals surface area contributed by atoms with Gasteiger partial charge < -0.3 is 4.90 Å². The van der Waals surface area contributed by atoms with Crippen LogP contribution in [0.4, 0.5) is 5.69 Å². The SMILES string of the molecule is CC.c1ccc(N2CC3(CCC3)C2)cc1. The molecule has 2 aliphatic rings. The Morgan fingerprint density at radius 1 is 1.00 bits per heavy atom. The molecular weight excluding hydrogens is 182 g/mol. The lowest BCUT2D eigenvalue weighted by Gasteiger charge is -2.57. The highest BCUT2D eigenvalue weighted by atomic mass is 15.2. The van der Waals surface area contributed by atoms with Crippen LogP contribution in [0.2, 0.25) is 0 Å². The van der Waals surface area contributed by atoms with Crippen molar-refractivity contribution in [2.24, 2.45) is 5.41 Å². The van der Waals surface area contributed by atoms with Crippen molar-refractivity contribution in [2.75, 3.05) is 18.0 Å². The molecule has 0 radical (unpaired) electrons. The molecule has 1 spiro atoms. The Labute approximate surface area is 93.1 Å². The highest BCUT2D eigenvalue weighted by Crippen LogP contribution is 2.49. The first-order chi connectivity index (χ1) is 7.38. The van der Waals surface area contributed by atoms with E-state index in [1.165, 1.54) is 38.0 Å². The molecule has 3 rings (SSSR count). The van der Waals surface area contributed by atoms with Crippen molar-refractivity contribution in [1.29, 1.82) is 0 Å². The van der Waals surface area contributed by atoms with Gasteiger partial charge in [-0.2, -0.15) is 0 Å². The summed E-state index contributed by atoms with van der Waals surface area (Å²) in [7, 11) is 0. The summed E-state index contributed by atoms with van der Waals surface area (Å²) in [5.41, 5.74) is 2.15. The molecule has 0 atom stereocenters. The monoisotopic (exact) mass is 203 g/mol. The maximum absolute atomic E-state index is 2.50. The van der Waals surface area contributed by atoms with Gasteiger partial charge >= 0.3 is 0 Å². The molecule has 0 N–H and O–H groups in total. The predicted molar refractivity (Wildman–Crippen MR) is 66.3 cm³/mol. The van der Waals surface area contributed by atoms with Gasteiger partial charge in [0.25, 0.3) is 0 Å². The molecule has 0 unspecified atom stereocenters. The van der Waals surface area contributed by atoms with Crippen molar-refractivity contribution in [2.45, 2.75) is 33.1 Å². The zero-order valence-corrected chi connectivity index (χ0v) is 9.87. The molecule has 82 valence electrons. The van der Waals surface area contributed by atoms with Gasteiger partial charge in [0.1, 0.15) is 0 Å². The van der Waals surface area contributed by atoms with E-state index in [1.54, 1.807) is 0 Å². The van der Waals surface area contributed by atoms with E-state index in [4.69, 9.17) is 0 Å². The molecule has 0 aromatic heterocycles. The zero-order valence-electron chi connectivity index (χ0n) is 9.87. The molecule has 0 amide bonds. The molecule has 1 aliphatic heterocycles. The highest BCUT2D eigenvalue weighted by molar-refractivity contribution is 5.49. The van der Waals surface area contributed by atoms with Crippen LogP contribution in [0, 0.1) is 5.41 Å². The van der Waals surface area contributed by atoms with Crippen LogP contribution < -0.4 is 4.90 Å². The van der Waals surface area contributed by atoms with Gasteiger partial charge in [0.2, 0.25) is 0 Å². The molecular formula is C14H21N. The molecule has 1 heterocycles. The summed E-state index contributed by atoms with van der Waals surface area (Å²) in [6.45, 7) is 6.61. The number of para-hydroxylation sites is 1. The Morgan fingerprint density at radius 2 is 1.60 bits per heavy atom. The third-order valence-electron chi connectivity index (χ3n) is 3.59. The summed E-state index contributed by atoms with van der Waals surface area (Å²) < 4.78 is 0. The predicted octanol–water partition coefficient (Wildman–Crippen LogP) is 3.70. The van der Waals surface area contributed by atoms with Crippen LogP contribution in [0.1, 0.15) is 33.1 Å². The van der Waals surface area contributed by atoms with E-state index in [2.05, 4.69) is 35.2 Å². The van der Waals surface area contributed by atoms with Crippen LogP contribution in [0.25, 0.3) is 0 Å². The Hall–Kier alpha value is -0.980. The van der Waals surface area contributed by atoms with Crippen LogP contribution in [0.15, 0.2) is 30.3 Å². The Morgan fingerprint density at radius 3 is 2.07 bits per heavy atom. The quantitative estimate of drug-likeness (QED) is 0.672. The molecule has 0 bridgehead atoms. The van der Waals surface area contributed by atoms with E-state index >= 15 is 0 Å². The second-order valence-corrected chi connectivity index (χ2v) is 4.55. The van der Waals surface area contributed by atoms with E-state index in [9.17, 15) is 0 Å². The van der Waals surface area contributed by atoms with E-state index in [1.807, 2.05) is 13.8 Å². The number of benzene rings is 1. The molecule has 1 nitrogen and oxygen atoms in total. The second-order valence-electron chi connectivity index (χ2n) is 4.55. The van der Waals surface area contributed by atoms with Crippen LogP contribution in [0.5, 0.6) is 0 Å². The number of hydrogen-bond donors (Lipinski definition) is 0. The number of hydrogen-bond acceptors (Lipinski definition) is 1. The lowest BCUT2D eigenvalue weighted by molar-refractivity contribution is 0.0904. The topological polar surface area (TPSA) is 3.24 Å².